The maximum Gasteiger partial charge on any atom is -0.0771 e. The first-order chi connectivity index (χ1) is 21.2. The number of aryl methyl sites for hydroxylation is 1. The summed E-state index contributed by atoms with van der Waals surface area (Å²) in [6.07, 6.45) is 0. The number of rotatable bonds is 3. The van der Waals surface area contributed by atoms with E-state index in [1.165, 1.54) is 59.4 Å². The van der Waals surface area contributed by atoms with E-state index in [1.807, 2.05) is 0 Å². The van der Waals surface area contributed by atoms with Gasteiger partial charge in [-0.15, -0.1) is 74.3 Å². The Hall–Kier alpha value is -4.10. The molecule has 0 aromatic heterocycles. The molecular weight excluding hydrogens is 612 g/mol. The molecule has 8 aromatic carbocycles. The predicted molar refractivity (Wildman–Crippen MR) is 185 cm³/mol. The van der Waals surface area contributed by atoms with Gasteiger partial charge in [0.15, 0.2) is 0 Å². The number of hydrogen-bond donors (Lipinski definition) is 0. The fourth-order valence-electron chi connectivity index (χ4n) is 5.53. The third kappa shape index (κ3) is 6.94. The van der Waals surface area contributed by atoms with Gasteiger partial charge in [0.25, 0.3) is 0 Å². The summed E-state index contributed by atoms with van der Waals surface area (Å²) in [5.41, 5.74) is 3.49. The van der Waals surface area contributed by atoms with Crippen LogP contribution in [0.4, 0.5) is 0 Å². The molecule has 0 nitrogen and oxygen atoms in total. The predicted octanol–water partition coefficient (Wildman–Crippen LogP) is 9.59. The van der Waals surface area contributed by atoms with Gasteiger partial charge in [-0.05, 0) is 5.56 Å². The molecule has 8 rings (SSSR count). The molecule has 0 N–H and O–H groups in total. The van der Waals surface area contributed by atoms with E-state index < -0.39 is 5.43 Å². The summed E-state index contributed by atoms with van der Waals surface area (Å²) in [6.45, 7) is 2.15. The van der Waals surface area contributed by atoms with Gasteiger partial charge in [-0.25, -0.2) is 0 Å². The SMILES string of the molecule is Cc1cc2c(-c3ccccc3)cccc2[cH-]1.[Zr+2]=[Si](c1ccccc1)c1ccccc1.c1ccc2c(c1)[cH-]c1ccccc12. The number of hydrogen-bond acceptors (Lipinski definition) is 0. The molecule has 0 fully saturated rings. The summed E-state index contributed by atoms with van der Waals surface area (Å²) in [7, 11) is 0. The number of benzene rings is 6. The van der Waals surface area contributed by atoms with Crippen LogP contribution in [-0.4, -0.2) is 5.43 Å². The van der Waals surface area contributed by atoms with Crippen LogP contribution in [0.3, 0.4) is 0 Å². The molecule has 8 aromatic rings. The molecule has 204 valence electrons. The minimum Gasteiger partial charge on any atom is -0.126 e. The van der Waals surface area contributed by atoms with Crippen molar-refractivity contribution in [3.63, 3.8) is 0 Å². The van der Waals surface area contributed by atoms with E-state index >= 15 is 0 Å². The quantitative estimate of drug-likeness (QED) is 0.133. The molecular formula is C41H32SiZr. The van der Waals surface area contributed by atoms with Crippen LogP contribution in [0.1, 0.15) is 5.56 Å². The minimum absolute atomic E-state index is 0.455. The molecule has 0 unspecified atom stereocenters. The Morgan fingerprint density at radius 1 is 0.442 bits per heavy atom. The molecule has 2 heteroatoms. The van der Waals surface area contributed by atoms with Crippen molar-refractivity contribution >= 4 is 48.1 Å². The van der Waals surface area contributed by atoms with Crippen LogP contribution in [0.25, 0.3) is 43.4 Å². The van der Waals surface area contributed by atoms with Crippen LogP contribution < -0.4 is 10.4 Å². The van der Waals surface area contributed by atoms with Crippen molar-refractivity contribution in [2.45, 2.75) is 6.92 Å². The molecule has 0 amide bonds. The first kappa shape index (κ1) is 29.0. The Morgan fingerprint density at radius 3 is 1.44 bits per heavy atom. The molecule has 43 heavy (non-hydrogen) atoms. The van der Waals surface area contributed by atoms with Crippen molar-refractivity contribution < 1.29 is 23.3 Å². The van der Waals surface area contributed by atoms with Crippen LogP contribution in [-0.2, 0) is 23.3 Å². The van der Waals surface area contributed by atoms with E-state index in [0.717, 1.165) is 0 Å². The molecule has 0 spiro atoms. The van der Waals surface area contributed by atoms with Crippen molar-refractivity contribution in [3.8, 4) is 11.1 Å². The first-order valence-corrected chi connectivity index (χ1v) is 19.8. The maximum atomic E-state index is 2.26. The van der Waals surface area contributed by atoms with Gasteiger partial charge in [0, 0.05) is 0 Å². The van der Waals surface area contributed by atoms with Crippen molar-refractivity contribution in [2.24, 2.45) is 0 Å². The summed E-state index contributed by atoms with van der Waals surface area (Å²) in [5, 5.41) is 11.1. The average Bonchev–Trinajstić information content (AvgIpc) is 3.66. The molecule has 0 aliphatic rings. The van der Waals surface area contributed by atoms with Crippen molar-refractivity contribution in [1.29, 1.82) is 0 Å². The van der Waals surface area contributed by atoms with Crippen LogP contribution >= 0.6 is 0 Å². The van der Waals surface area contributed by atoms with E-state index in [4.69, 9.17) is 0 Å². The summed E-state index contributed by atoms with van der Waals surface area (Å²) in [4.78, 5) is 0. The van der Waals surface area contributed by atoms with Crippen LogP contribution in [0.5, 0.6) is 0 Å². The second-order valence-corrected chi connectivity index (χ2v) is 16.2. The second kappa shape index (κ2) is 13.9. The van der Waals surface area contributed by atoms with Gasteiger partial charge in [-0.2, -0.15) is 6.07 Å². The van der Waals surface area contributed by atoms with Gasteiger partial charge in [0.05, 0.1) is 0 Å². The van der Waals surface area contributed by atoms with Gasteiger partial charge in [-0.1, -0.05) is 85.3 Å². The van der Waals surface area contributed by atoms with Crippen LogP contribution in [0.2, 0.25) is 0 Å². The Morgan fingerprint density at radius 2 is 0.884 bits per heavy atom. The van der Waals surface area contributed by atoms with E-state index in [-0.39, 0.29) is 0 Å². The van der Waals surface area contributed by atoms with Gasteiger partial charge < -0.3 is 0 Å². The number of fused-ring (bicyclic) bond motifs is 4. The molecule has 0 heterocycles. The molecule has 0 atom stereocenters. The molecule has 0 aliphatic carbocycles. The topological polar surface area (TPSA) is 0 Å². The van der Waals surface area contributed by atoms with E-state index in [9.17, 15) is 0 Å². The zero-order valence-corrected chi connectivity index (χ0v) is 27.7. The molecule has 0 saturated heterocycles. The fraction of sp³-hybridized carbons (Fsp3) is 0.0244. The Bertz CT molecular complexity index is 1990. The standard InChI is InChI=1S/C16H13.C13H9.C12H10Si.Zr/c1-12-10-14-8-5-9-15(16(14)11-12)13-6-3-2-4-7-13;1-3-7-12-10(5-1)9-11-6-2-4-8-13(11)12;1-3-7-11(8-4-1)13-12-9-5-2-6-10-12;/h2-11H,1H3;1-9H;1-10H;/q2*-1;;+2. The zero-order chi connectivity index (χ0) is 29.4. The van der Waals surface area contributed by atoms with Gasteiger partial charge >= 0.3 is 99.8 Å². The molecule has 0 bridgehead atoms. The van der Waals surface area contributed by atoms with Crippen molar-refractivity contribution in [3.05, 3.63) is 181 Å². The molecule has 0 aliphatic heterocycles. The third-order valence-corrected chi connectivity index (χ3v) is 13.7. The second-order valence-electron chi connectivity index (χ2n) is 10.6. The molecule has 0 radical (unpaired) electrons. The Balaban J connectivity index is 0.000000115. The van der Waals surface area contributed by atoms with E-state index in [0.29, 0.717) is 0 Å². The normalized spacial score (nSPS) is 10.6. The summed E-state index contributed by atoms with van der Waals surface area (Å²) in [5.74, 6) is 0. The van der Waals surface area contributed by atoms with Crippen LogP contribution in [0, 0.1) is 6.92 Å². The third-order valence-electron chi connectivity index (χ3n) is 7.63. The monoisotopic (exact) mass is 642 g/mol. The first-order valence-electron chi connectivity index (χ1n) is 14.6. The summed E-state index contributed by atoms with van der Waals surface area (Å²) < 4.78 is 0. The van der Waals surface area contributed by atoms with Crippen molar-refractivity contribution in [2.75, 3.05) is 0 Å². The van der Waals surface area contributed by atoms with Gasteiger partial charge in [0.1, 0.15) is 0 Å². The summed E-state index contributed by atoms with van der Waals surface area (Å²) in [6, 6.07) is 62.5. The van der Waals surface area contributed by atoms with Gasteiger partial charge in [0.2, 0.25) is 0 Å². The Labute approximate surface area is 269 Å². The Kier molecular flexibility index (Phi) is 9.38. The van der Waals surface area contributed by atoms with Crippen molar-refractivity contribution in [1.82, 2.24) is 0 Å². The largest absolute Gasteiger partial charge is 0.126 e. The van der Waals surface area contributed by atoms with E-state index in [2.05, 4.69) is 183 Å². The minimum atomic E-state index is -0.455. The molecule has 0 saturated carbocycles. The van der Waals surface area contributed by atoms with E-state index in [1.54, 1.807) is 23.3 Å². The zero-order valence-electron chi connectivity index (χ0n) is 24.2. The maximum absolute atomic E-state index is 2.26. The smallest absolute Gasteiger partial charge is 0.0771 e. The average molecular weight is 644 g/mol. The fourth-order valence-corrected chi connectivity index (χ4v) is 9.38. The van der Waals surface area contributed by atoms with Crippen LogP contribution in [0.15, 0.2) is 176 Å². The summed E-state index contributed by atoms with van der Waals surface area (Å²) >= 11 is 1.64. The van der Waals surface area contributed by atoms with Gasteiger partial charge in [-0.3, -0.25) is 0 Å².